The van der Waals surface area contributed by atoms with Gasteiger partial charge in [0.1, 0.15) is 17.9 Å². The molecule has 0 aliphatic carbocycles. The lowest BCUT2D eigenvalue weighted by molar-refractivity contribution is -0.134. The number of hydrogen-bond donors (Lipinski definition) is 1. The van der Waals surface area contributed by atoms with Crippen LogP contribution in [0.2, 0.25) is 0 Å². The molecule has 0 spiro atoms. The fraction of sp³-hybridized carbons (Fsp3) is 0.370. The number of ether oxygens (including phenoxy) is 1. The van der Waals surface area contributed by atoms with Crippen molar-refractivity contribution in [1.29, 1.82) is 0 Å². The van der Waals surface area contributed by atoms with Gasteiger partial charge in [0.25, 0.3) is 0 Å². The van der Waals surface area contributed by atoms with Crippen LogP contribution in [0.1, 0.15) is 30.4 Å². The van der Waals surface area contributed by atoms with Gasteiger partial charge in [0.2, 0.25) is 5.91 Å². The van der Waals surface area contributed by atoms with Gasteiger partial charge >= 0.3 is 0 Å². The summed E-state index contributed by atoms with van der Waals surface area (Å²) >= 11 is 0. The Kier molecular flexibility index (Phi) is 6.33. The number of piperazine rings is 1. The summed E-state index contributed by atoms with van der Waals surface area (Å²) in [5.74, 6) is 4.11. The summed E-state index contributed by atoms with van der Waals surface area (Å²) in [5, 5.41) is 4.17. The van der Waals surface area contributed by atoms with E-state index in [2.05, 4.69) is 26.1 Å². The molecule has 5 rings (SSSR count). The summed E-state index contributed by atoms with van der Waals surface area (Å²) in [5.41, 5.74) is 3.21. The molecule has 2 aliphatic heterocycles. The predicted molar refractivity (Wildman–Crippen MR) is 133 cm³/mol. The van der Waals surface area contributed by atoms with Crippen molar-refractivity contribution in [3.63, 3.8) is 0 Å². The zero-order chi connectivity index (χ0) is 23.5. The number of nitrogens with one attached hydrogen (secondary N) is 1. The number of benzene rings is 2. The van der Waals surface area contributed by atoms with E-state index >= 15 is 0 Å². The Labute approximate surface area is 200 Å². The summed E-state index contributed by atoms with van der Waals surface area (Å²) in [7, 11) is 1.63. The third-order valence-electron chi connectivity index (χ3n) is 6.86. The number of fused-ring (bicyclic) bond motifs is 2. The van der Waals surface area contributed by atoms with Crippen molar-refractivity contribution >= 4 is 28.3 Å². The van der Waals surface area contributed by atoms with E-state index in [4.69, 9.17) is 11.2 Å². The van der Waals surface area contributed by atoms with E-state index in [1.165, 1.54) is 25.6 Å². The fourth-order valence-electron chi connectivity index (χ4n) is 5.04. The molecule has 7 nitrogen and oxygen atoms in total. The van der Waals surface area contributed by atoms with Gasteiger partial charge in [0, 0.05) is 53.9 Å². The van der Waals surface area contributed by atoms with E-state index in [1.807, 2.05) is 41.3 Å². The first-order valence-electron chi connectivity index (χ1n) is 11.8. The van der Waals surface area contributed by atoms with Gasteiger partial charge in [-0.05, 0) is 43.7 Å². The molecular formula is C27H29N5O2. The lowest BCUT2D eigenvalue weighted by Crippen LogP contribution is -2.56. The summed E-state index contributed by atoms with van der Waals surface area (Å²) in [6, 6.07) is 12.0. The van der Waals surface area contributed by atoms with E-state index in [1.54, 1.807) is 7.11 Å². The Morgan fingerprint density at radius 3 is 2.97 bits per heavy atom. The molecule has 0 bridgehead atoms. The van der Waals surface area contributed by atoms with E-state index < -0.39 is 0 Å². The highest BCUT2D eigenvalue weighted by molar-refractivity contribution is 5.93. The van der Waals surface area contributed by atoms with Gasteiger partial charge < -0.3 is 15.0 Å². The second-order valence-electron chi connectivity index (χ2n) is 8.96. The highest BCUT2D eigenvalue weighted by Gasteiger charge is 2.31. The first-order chi connectivity index (χ1) is 16.6. The van der Waals surface area contributed by atoms with Gasteiger partial charge in [0.05, 0.1) is 19.0 Å². The van der Waals surface area contributed by atoms with Gasteiger partial charge in [0.15, 0.2) is 0 Å². The monoisotopic (exact) mass is 455 g/mol. The van der Waals surface area contributed by atoms with Crippen LogP contribution in [0.5, 0.6) is 5.75 Å². The Hall–Kier alpha value is -3.63. The van der Waals surface area contributed by atoms with Crippen molar-refractivity contribution in [2.45, 2.75) is 31.7 Å². The van der Waals surface area contributed by atoms with Crippen molar-refractivity contribution in [2.75, 3.05) is 38.6 Å². The molecule has 1 N–H and O–H groups in total. The molecule has 1 amide bonds. The molecule has 7 heteroatoms. The van der Waals surface area contributed by atoms with Crippen molar-refractivity contribution in [3.05, 3.63) is 53.9 Å². The molecule has 174 valence electrons. The molecule has 34 heavy (non-hydrogen) atoms. The van der Waals surface area contributed by atoms with Crippen LogP contribution in [0.4, 0.5) is 11.5 Å². The van der Waals surface area contributed by atoms with Crippen LogP contribution in [0.15, 0.2) is 42.7 Å². The molecule has 2 aromatic carbocycles. The lowest BCUT2D eigenvalue weighted by atomic mass is 9.99. The van der Waals surface area contributed by atoms with Gasteiger partial charge in [-0.25, -0.2) is 9.97 Å². The first-order valence-corrected chi connectivity index (χ1v) is 11.8. The van der Waals surface area contributed by atoms with Crippen molar-refractivity contribution < 1.29 is 9.53 Å². The van der Waals surface area contributed by atoms with Crippen LogP contribution in [0.3, 0.4) is 0 Å². The Balaban J connectivity index is 1.41. The molecule has 1 unspecified atom stereocenters. The molecule has 1 aromatic heterocycles. The van der Waals surface area contributed by atoms with Crippen LogP contribution < -0.4 is 10.1 Å². The van der Waals surface area contributed by atoms with Gasteiger partial charge in [-0.1, -0.05) is 18.4 Å². The average Bonchev–Trinajstić information content (AvgIpc) is 2.88. The largest absolute Gasteiger partial charge is 0.496 e. The number of hydrogen-bond acceptors (Lipinski definition) is 6. The van der Waals surface area contributed by atoms with Gasteiger partial charge in [-0.15, -0.1) is 6.42 Å². The standard InChI is InChI=1S/C27H29N5O2/c1-3-19-7-6-8-21(13-19)30-27-23-14-20(25(34-2)16-24(23)28-18-29-27)15-26(33)32-12-11-31-10-5-4-9-22(31)17-32/h1,6-8,13-14,16,18,22H,4-5,9-12,15,17H2,2H3,(H,28,29,30). The third kappa shape index (κ3) is 4.55. The maximum Gasteiger partial charge on any atom is 0.227 e. The fourth-order valence-corrected chi connectivity index (χ4v) is 5.04. The number of methoxy groups -OCH3 is 1. The number of amides is 1. The highest BCUT2D eigenvalue weighted by Crippen LogP contribution is 2.31. The molecule has 2 saturated heterocycles. The van der Waals surface area contributed by atoms with Crippen molar-refractivity contribution in [3.8, 4) is 18.1 Å². The molecule has 3 aromatic rings. The third-order valence-corrected chi connectivity index (χ3v) is 6.86. The number of terminal acetylenes is 1. The lowest BCUT2D eigenvalue weighted by Gasteiger charge is -2.44. The summed E-state index contributed by atoms with van der Waals surface area (Å²) in [4.78, 5) is 26.7. The van der Waals surface area contributed by atoms with Gasteiger partial charge in [-0.2, -0.15) is 0 Å². The average molecular weight is 456 g/mol. The highest BCUT2D eigenvalue weighted by atomic mass is 16.5. The minimum absolute atomic E-state index is 0.135. The normalized spacial score (nSPS) is 18.2. The molecule has 1 atom stereocenters. The molecule has 3 heterocycles. The number of rotatable bonds is 5. The molecule has 2 aliphatic rings. The molecule has 0 saturated carbocycles. The Bertz CT molecular complexity index is 1250. The first kappa shape index (κ1) is 22.2. The number of aromatic nitrogens is 2. The van der Waals surface area contributed by atoms with Crippen molar-refractivity contribution in [2.24, 2.45) is 0 Å². The second-order valence-corrected chi connectivity index (χ2v) is 8.96. The van der Waals surface area contributed by atoms with Crippen LogP contribution >= 0.6 is 0 Å². The zero-order valence-electron chi connectivity index (χ0n) is 19.5. The minimum atomic E-state index is 0.135. The van der Waals surface area contributed by atoms with E-state index in [-0.39, 0.29) is 12.3 Å². The van der Waals surface area contributed by atoms with Crippen LogP contribution in [-0.2, 0) is 11.2 Å². The Morgan fingerprint density at radius 1 is 1.21 bits per heavy atom. The second kappa shape index (κ2) is 9.70. The smallest absolute Gasteiger partial charge is 0.227 e. The zero-order valence-corrected chi connectivity index (χ0v) is 19.5. The van der Waals surface area contributed by atoms with Gasteiger partial charge in [-0.3, -0.25) is 9.69 Å². The van der Waals surface area contributed by atoms with E-state index in [9.17, 15) is 4.79 Å². The van der Waals surface area contributed by atoms with Crippen LogP contribution in [0.25, 0.3) is 10.9 Å². The summed E-state index contributed by atoms with van der Waals surface area (Å²) < 4.78 is 5.63. The summed E-state index contributed by atoms with van der Waals surface area (Å²) in [6.07, 6.45) is 11.0. The topological polar surface area (TPSA) is 70.6 Å². The molecule has 2 fully saturated rings. The van der Waals surface area contributed by atoms with Crippen molar-refractivity contribution in [1.82, 2.24) is 19.8 Å². The van der Waals surface area contributed by atoms with E-state index in [0.29, 0.717) is 17.6 Å². The number of piperidine rings is 1. The predicted octanol–water partition coefficient (Wildman–Crippen LogP) is 3.60. The minimum Gasteiger partial charge on any atom is -0.496 e. The molecule has 0 radical (unpaired) electrons. The molecular weight excluding hydrogens is 426 g/mol. The Morgan fingerprint density at radius 2 is 2.12 bits per heavy atom. The summed E-state index contributed by atoms with van der Waals surface area (Å²) in [6.45, 7) is 3.72. The van der Waals surface area contributed by atoms with Crippen LogP contribution in [0, 0.1) is 12.3 Å². The number of nitrogens with zero attached hydrogens (tertiary/aromatic N) is 4. The van der Waals surface area contributed by atoms with Crippen LogP contribution in [-0.4, -0.2) is 65.0 Å². The van der Waals surface area contributed by atoms with E-state index in [0.717, 1.165) is 53.9 Å². The maximum absolute atomic E-state index is 13.3. The maximum atomic E-state index is 13.3. The number of carbonyl (C=O) groups excluding carboxylic acids is 1. The number of anilines is 2. The quantitative estimate of drug-likeness (QED) is 0.593. The number of carbonyl (C=O) groups is 1. The SMILES string of the molecule is C#Cc1cccc(Nc2ncnc3cc(OC)c(CC(=O)N4CCN5CCCCC5C4)cc23)c1.